The van der Waals surface area contributed by atoms with Crippen molar-refractivity contribution in [2.45, 2.75) is 6.54 Å². The van der Waals surface area contributed by atoms with Gasteiger partial charge >= 0.3 is 5.97 Å². The highest BCUT2D eigenvalue weighted by Gasteiger charge is 2.21. The fourth-order valence-corrected chi connectivity index (χ4v) is 2.74. The molecule has 0 spiro atoms. The average Bonchev–Trinajstić information content (AvgIpc) is 2.96. The van der Waals surface area contributed by atoms with Crippen LogP contribution in [0.2, 0.25) is 0 Å². The van der Waals surface area contributed by atoms with Crippen LogP contribution in [0.25, 0.3) is 10.4 Å². The third-order valence-electron chi connectivity index (χ3n) is 2.83. The number of thiazole rings is 1. The van der Waals surface area contributed by atoms with Crippen LogP contribution in [-0.2, 0) is 6.54 Å². The van der Waals surface area contributed by atoms with E-state index in [0.717, 1.165) is 5.56 Å². The van der Waals surface area contributed by atoms with Crippen LogP contribution in [-0.4, -0.2) is 22.0 Å². The number of carboxylic acid groups (broad SMARTS) is 1. The number of amides is 1. The van der Waals surface area contributed by atoms with Crippen molar-refractivity contribution < 1.29 is 14.7 Å². The third kappa shape index (κ3) is 1.58. The number of nitrogens with one attached hydrogen (secondary N) is 1. The topological polar surface area (TPSA) is 79.3 Å². The van der Waals surface area contributed by atoms with Crippen LogP contribution < -0.4 is 5.32 Å². The molecule has 1 aliphatic heterocycles. The van der Waals surface area contributed by atoms with E-state index in [0.29, 0.717) is 22.5 Å². The molecule has 1 amide bonds. The summed E-state index contributed by atoms with van der Waals surface area (Å²) in [5.74, 6) is -1.18. The molecular weight excluding hydrogens is 252 g/mol. The maximum atomic E-state index is 11.6. The van der Waals surface area contributed by atoms with E-state index in [1.165, 1.54) is 16.8 Å². The number of aromatic carboxylic acids is 1. The van der Waals surface area contributed by atoms with Crippen molar-refractivity contribution in [2.75, 3.05) is 0 Å². The Labute approximate surface area is 106 Å². The average molecular weight is 260 g/mol. The van der Waals surface area contributed by atoms with Gasteiger partial charge in [-0.1, -0.05) is 12.1 Å². The molecule has 2 aromatic rings. The van der Waals surface area contributed by atoms with E-state index in [4.69, 9.17) is 5.11 Å². The number of fused-ring (bicyclic) bond motifs is 1. The van der Waals surface area contributed by atoms with Crippen LogP contribution in [0.3, 0.4) is 0 Å². The Balaban J connectivity index is 2.13. The highest BCUT2D eigenvalue weighted by Crippen LogP contribution is 2.30. The molecule has 0 fully saturated rings. The monoisotopic (exact) mass is 260 g/mol. The van der Waals surface area contributed by atoms with Gasteiger partial charge < -0.3 is 10.4 Å². The molecule has 0 bridgehead atoms. The molecule has 0 unspecified atom stereocenters. The van der Waals surface area contributed by atoms with E-state index in [9.17, 15) is 9.59 Å². The van der Waals surface area contributed by atoms with Gasteiger partial charge in [-0.2, -0.15) is 0 Å². The zero-order chi connectivity index (χ0) is 12.7. The van der Waals surface area contributed by atoms with Crippen molar-refractivity contribution >= 4 is 23.2 Å². The number of nitrogens with zero attached hydrogens (tertiary/aromatic N) is 1. The van der Waals surface area contributed by atoms with Crippen molar-refractivity contribution in [2.24, 2.45) is 0 Å². The minimum atomic E-state index is -1.06. The van der Waals surface area contributed by atoms with Gasteiger partial charge in [-0.15, -0.1) is 11.3 Å². The van der Waals surface area contributed by atoms with E-state index in [1.807, 2.05) is 12.1 Å². The standard InChI is InChI=1S/C12H8N2O3S/c15-11-8-3-6(1-2-7(8)4-13-11)10-9(12(16)17)14-5-18-10/h1-3,5H,4H2,(H,13,15)(H,16,17). The minimum absolute atomic E-state index is 0.0263. The Morgan fingerprint density at radius 1 is 1.44 bits per heavy atom. The summed E-state index contributed by atoms with van der Waals surface area (Å²) in [6.45, 7) is 0.531. The van der Waals surface area contributed by atoms with Crippen molar-refractivity contribution in [3.63, 3.8) is 0 Å². The summed E-state index contributed by atoms with van der Waals surface area (Å²) >= 11 is 1.25. The summed E-state index contributed by atoms with van der Waals surface area (Å²) < 4.78 is 0. The summed E-state index contributed by atoms with van der Waals surface area (Å²) in [7, 11) is 0. The molecule has 5 nitrogen and oxygen atoms in total. The first kappa shape index (κ1) is 10.9. The Morgan fingerprint density at radius 3 is 3.06 bits per heavy atom. The number of carbonyl (C=O) groups is 2. The summed E-state index contributed by atoms with van der Waals surface area (Å²) in [5.41, 5.74) is 3.78. The number of benzene rings is 1. The Bertz CT molecular complexity index is 663. The van der Waals surface area contributed by atoms with E-state index in [-0.39, 0.29) is 11.6 Å². The van der Waals surface area contributed by atoms with Gasteiger partial charge in [0.25, 0.3) is 5.91 Å². The fraction of sp³-hybridized carbons (Fsp3) is 0.0833. The highest BCUT2D eigenvalue weighted by atomic mass is 32.1. The van der Waals surface area contributed by atoms with E-state index in [1.54, 1.807) is 6.07 Å². The van der Waals surface area contributed by atoms with Crippen LogP contribution in [0.15, 0.2) is 23.7 Å². The van der Waals surface area contributed by atoms with Crippen LogP contribution in [0, 0.1) is 0 Å². The van der Waals surface area contributed by atoms with Crippen molar-refractivity contribution in [1.29, 1.82) is 0 Å². The van der Waals surface area contributed by atoms with Gasteiger partial charge in [0, 0.05) is 12.1 Å². The third-order valence-corrected chi connectivity index (χ3v) is 3.70. The SMILES string of the molecule is O=C1NCc2ccc(-c3scnc3C(=O)O)cc21. The molecule has 0 aliphatic carbocycles. The number of carboxylic acids is 1. The molecule has 6 heteroatoms. The smallest absolute Gasteiger partial charge is 0.356 e. The van der Waals surface area contributed by atoms with Gasteiger partial charge in [0.05, 0.1) is 10.4 Å². The molecule has 1 aromatic carbocycles. The lowest BCUT2D eigenvalue weighted by Crippen LogP contribution is -2.12. The second-order valence-electron chi connectivity index (χ2n) is 3.89. The van der Waals surface area contributed by atoms with E-state index < -0.39 is 5.97 Å². The van der Waals surface area contributed by atoms with Gasteiger partial charge in [0.2, 0.25) is 0 Å². The lowest BCUT2D eigenvalue weighted by Gasteiger charge is -2.02. The second kappa shape index (κ2) is 3.92. The number of rotatable bonds is 2. The minimum Gasteiger partial charge on any atom is -0.476 e. The first-order valence-corrected chi connectivity index (χ1v) is 6.13. The normalized spacial score (nSPS) is 13.2. The lowest BCUT2D eigenvalue weighted by atomic mass is 10.0. The van der Waals surface area contributed by atoms with Crippen LogP contribution in [0.1, 0.15) is 26.4 Å². The Morgan fingerprint density at radius 2 is 2.28 bits per heavy atom. The first-order valence-electron chi connectivity index (χ1n) is 5.25. The highest BCUT2D eigenvalue weighted by molar-refractivity contribution is 7.13. The molecule has 2 N–H and O–H groups in total. The van der Waals surface area contributed by atoms with E-state index >= 15 is 0 Å². The fourth-order valence-electron chi connectivity index (χ4n) is 1.96. The predicted molar refractivity (Wildman–Crippen MR) is 65.7 cm³/mol. The maximum absolute atomic E-state index is 11.6. The number of aromatic nitrogens is 1. The molecule has 0 saturated heterocycles. The molecule has 18 heavy (non-hydrogen) atoms. The number of carbonyl (C=O) groups excluding carboxylic acids is 1. The summed E-state index contributed by atoms with van der Waals surface area (Å²) in [4.78, 5) is 27.0. The molecular formula is C12H8N2O3S. The molecule has 3 rings (SSSR count). The summed E-state index contributed by atoms with van der Waals surface area (Å²) in [6, 6.07) is 5.38. The van der Waals surface area contributed by atoms with Gasteiger partial charge in [-0.3, -0.25) is 4.79 Å². The molecule has 1 aliphatic rings. The van der Waals surface area contributed by atoms with Gasteiger partial charge in [0.1, 0.15) is 0 Å². The van der Waals surface area contributed by atoms with Crippen LogP contribution >= 0.6 is 11.3 Å². The zero-order valence-electron chi connectivity index (χ0n) is 9.14. The molecule has 2 heterocycles. The molecule has 0 atom stereocenters. The lowest BCUT2D eigenvalue weighted by molar-refractivity contribution is 0.0692. The molecule has 90 valence electrons. The van der Waals surface area contributed by atoms with E-state index in [2.05, 4.69) is 10.3 Å². The Hall–Kier alpha value is -2.21. The molecule has 0 saturated carbocycles. The first-order chi connectivity index (χ1) is 8.66. The molecule has 1 aromatic heterocycles. The number of hydrogen-bond acceptors (Lipinski definition) is 4. The largest absolute Gasteiger partial charge is 0.476 e. The van der Waals surface area contributed by atoms with Crippen molar-refractivity contribution in [3.8, 4) is 10.4 Å². The van der Waals surface area contributed by atoms with Gasteiger partial charge in [0.15, 0.2) is 5.69 Å². The van der Waals surface area contributed by atoms with Gasteiger partial charge in [-0.05, 0) is 17.2 Å². The second-order valence-corrected chi connectivity index (χ2v) is 4.74. The number of hydrogen-bond donors (Lipinski definition) is 2. The van der Waals surface area contributed by atoms with Gasteiger partial charge in [-0.25, -0.2) is 9.78 Å². The summed E-state index contributed by atoms with van der Waals surface area (Å²) in [6.07, 6.45) is 0. The summed E-state index contributed by atoms with van der Waals surface area (Å²) in [5, 5.41) is 11.8. The van der Waals surface area contributed by atoms with Crippen LogP contribution in [0.5, 0.6) is 0 Å². The van der Waals surface area contributed by atoms with Crippen LogP contribution in [0.4, 0.5) is 0 Å². The molecule has 0 radical (unpaired) electrons. The van der Waals surface area contributed by atoms with Crippen molar-refractivity contribution in [1.82, 2.24) is 10.3 Å². The zero-order valence-corrected chi connectivity index (χ0v) is 9.95. The predicted octanol–water partition coefficient (Wildman–Crippen LogP) is 1.75. The quantitative estimate of drug-likeness (QED) is 0.862. The maximum Gasteiger partial charge on any atom is 0.356 e. The van der Waals surface area contributed by atoms with Crippen molar-refractivity contribution in [3.05, 3.63) is 40.5 Å². The Kier molecular flexibility index (Phi) is 2.38.